The molecule has 3 aromatic carbocycles. The third-order valence-corrected chi connectivity index (χ3v) is 5.82. The number of benzene rings is 3. The molecule has 1 N–H and O–H groups in total. The number of carbonyl (C=O) groups is 2. The van der Waals surface area contributed by atoms with Gasteiger partial charge in [-0.25, -0.2) is 0 Å². The number of anilines is 1. The molecule has 1 aliphatic heterocycles. The highest BCUT2D eigenvalue weighted by Gasteiger charge is 2.47. The van der Waals surface area contributed by atoms with Gasteiger partial charge in [0.25, 0.3) is 11.7 Å². The fourth-order valence-corrected chi connectivity index (χ4v) is 4.21. The first-order valence-electron chi connectivity index (χ1n) is 10.4. The molecule has 0 aliphatic carbocycles. The summed E-state index contributed by atoms with van der Waals surface area (Å²) in [6.07, 6.45) is 3.19. The van der Waals surface area contributed by atoms with Crippen molar-refractivity contribution in [2.75, 3.05) is 12.0 Å². The van der Waals surface area contributed by atoms with E-state index in [-0.39, 0.29) is 11.3 Å². The Labute approximate surface area is 190 Å². The number of pyridine rings is 1. The van der Waals surface area contributed by atoms with E-state index < -0.39 is 17.7 Å². The number of rotatable bonds is 4. The first-order chi connectivity index (χ1) is 16.1. The maximum atomic E-state index is 13.2. The van der Waals surface area contributed by atoms with E-state index in [2.05, 4.69) is 4.98 Å². The number of carbonyl (C=O) groups excluding carboxylic acids is 2. The normalized spacial score (nSPS) is 17.5. The minimum Gasteiger partial charge on any atom is -0.507 e. The Morgan fingerprint density at radius 2 is 1.67 bits per heavy atom. The fraction of sp³-hybridized carbons (Fsp3) is 0.0741. The van der Waals surface area contributed by atoms with Gasteiger partial charge >= 0.3 is 0 Å². The largest absolute Gasteiger partial charge is 0.507 e. The summed E-state index contributed by atoms with van der Waals surface area (Å²) in [6.45, 7) is 0. The van der Waals surface area contributed by atoms with Crippen molar-refractivity contribution < 1.29 is 19.4 Å². The van der Waals surface area contributed by atoms with Crippen LogP contribution >= 0.6 is 0 Å². The smallest absolute Gasteiger partial charge is 0.300 e. The summed E-state index contributed by atoms with van der Waals surface area (Å²) in [4.78, 5) is 31.9. The van der Waals surface area contributed by atoms with Gasteiger partial charge < -0.3 is 9.84 Å². The Balaban J connectivity index is 1.72. The van der Waals surface area contributed by atoms with Gasteiger partial charge in [-0.2, -0.15) is 0 Å². The van der Waals surface area contributed by atoms with Crippen molar-refractivity contribution in [3.8, 4) is 5.75 Å². The van der Waals surface area contributed by atoms with Gasteiger partial charge in [0.1, 0.15) is 11.5 Å². The number of hydrogen-bond acceptors (Lipinski definition) is 5. The first kappa shape index (κ1) is 20.5. The van der Waals surface area contributed by atoms with Crippen molar-refractivity contribution in [1.82, 2.24) is 4.98 Å². The highest BCUT2D eigenvalue weighted by Crippen LogP contribution is 2.42. The topological polar surface area (TPSA) is 79.7 Å². The van der Waals surface area contributed by atoms with E-state index in [0.717, 1.165) is 10.8 Å². The van der Waals surface area contributed by atoms with Crippen molar-refractivity contribution in [1.29, 1.82) is 0 Å². The molecule has 0 spiro atoms. The van der Waals surface area contributed by atoms with Crippen LogP contribution in [0.15, 0.2) is 96.8 Å². The van der Waals surface area contributed by atoms with Crippen LogP contribution in [-0.2, 0) is 9.59 Å². The maximum Gasteiger partial charge on any atom is 0.300 e. The Bertz CT molecular complexity index is 1410. The number of aliphatic hydroxyl groups is 1. The Morgan fingerprint density at radius 1 is 0.909 bits per heavy atom. The number of aliphatic hydroxyl groups excluding tert-OH is 1. The maximum absolute atomic E-state index is 13.2. The zero-order valence-corrected chi connectivity index (χ0v) is 17.8. The summed E-state index contributed by atoms with van der Waals surface area (Å²) >= 11 is 0. The summed E-state index contributed by atoms with van der Waals surface area (Å²) in [5, 5.41) is 13.2. The van der Waals surface area contributed by atoms with Crippen LogP contribution in [0.25, 0.3) is 16.5 Å². The van der Waals surface area contributed by atoms with Crippen molar-refractivity contribution in [3.63, 3.8) is 0 Å². The number of nitrogens with zero attached hydrogens (tertiary/aromatic N) is 2. The number of ketones is 1. The zero-order chi connectivity index (χ0) is 22.9. The van der Waals surface area contributed by atoms with E-state index in [1.165, 1.54) is 12.0 Å². The number of aromatic nitrogens is 1. The second-order valence-corrected chi connectivity index (χ2v) is 7.71. The number of ether oxygens (including phenoxy) is 1. The summed E-state index contributed by atoms with van der Waals surface area (Å²) in [6, 6.07) is 22.8. The van der Waals surface area contributed by atoms with Gasteiger partial charge in [-0.05, 0) is 46.7 Å². The summed E-state index contributed by atoms with van der Waals surface area (Å²) in [5.74, 6) is -1.12. The molecule has 6 heteroatoms. The lowest BCUT2D eigenvalue weighted by atomic mass is 9.95. The van der Waals surface area contributed by atoms with E-state index in [1.807, 2.05) is 36.4 Å². The van der Waals surface area contributed by atoms with Crippen molar-refractivity contribution in [2.45, 2.75) is 6.04 Å². The first-order valence-corrected chi connectivity index (χ1v) is 10.4. The Kier molecular flexibility index (Phi) is 5.11. The Hall–Kier alpha value is -4.45. The molecule has 6 nitrogen and oxygen atoms in total. The predicted octanol–water partition coefficient (Wildman–Crippen LogP) is 4.87. The van der Waals surface area contributed by atoms with Crippen molar-refractivity contribution in [2.24, 2.45) is 0 Å². The SMILES string of the molecule is COc1cccc(N2C(=O)C(=O)/C(=C(\O)c3ccc4ccccc4c3)C2c2ccncc2)c1. The van der Waals surface area contributed by atoms with Gasteiger partial charge in [-0.1, -0.05) is 42.5 Å². The van der Waals surface area contributed by atoms with E-state index >= 15 is 0 Å². The highest BCUT2D eigenvalue weighted by molar-refractivity contribution is 6.51. The molecule has 1 fully saturated rings. The predicted molar refractivity (Wildman–Crippen MR) is 126 cm³/mol. The molecule has 1 atom stereocenters. The fourth-order valence-electron chi connectivity index (χ4n) is 4.21. The molecule has 0 bridgehead atoms. The molecule has 1 aliphatic rings. The van der Waals surface area contributed by atoms with E-state index in [9.17, 15) is 14.7 Å². The van der Waals surface area contributed by atoms with Crippen LogP contribution < -0.4 is 9.64 Å². The van der Waals surface area contributed by atoms with Crippen LogP contribution in [0, 0.1) is 0 Å². The van der Waals surface area contributed by atoms with Gasteiger partial charge in [-0.3, -0.25) is 19.5 Å². The minimum atomic E-state index is -0.813. The number of amides is 1. The second-order valence-electron chi connectivity index (χ2n) is 7.71. The van der Waals surface area contributed by atoms with Gasteiger partial charge in [0.15, 0.2) is 0 Å². The number of hydrogen-bond donors (Lipinski definition) is 1. The molecule has 162 valence electrons. The standard InChI is InChI=1S/C27H20N2O4/c1-33-22-8-4-7-21(16-22)29-24(18-11-13-28-14-12-18)23(26(31)27(29)32)25(30)20-10-9-17-5-2-3-6-19(17)15-20/h2-16,24,30H,1H3/b25-23-. The van der Waals surface area contributed by atoms with Gasteiger partial charge in [0, 0.05) is 29.7 Å². The molecule has 1 aromatic heterocycles. The Morgan fingerprint density at radius 3 is 2.42 bits per heavy atom. The van der Waals surface area contributed by atoms with Crippen LogP contribution in [-0.4, -0.2) is 28.9 Å². The average molecular weight is 436 g/mol. The van der Waals surface area contributed by atoms with E-state index in [1.54, 1.807) is 54.9 Å². The summed E-state index contributed by atoms with van der Waals surface area (Å²) < 4.78 is 5.31. The molecule has 0 radical (unpaired) electrons. The van der Waals surface area contributed by atoms with E-state index in [0.29, 0.717) is 22.6 Å². The van der Waals surface area contributed by atoms with Crippen LogP contribution in [0.5, 0.6) is 5.75 Å². The van der Waals surface area contributed by atoms with Gasteiger partial charge in [-0.15, -0.1) is 0 Å². The van der Waals surface area contributed by atoms with Crippen LogP contribution in [0.1, 0.15) is 17.2 Å². The lowest BCUT2D eigenvalue weighted by Crippen LogP contribution is -2.29. The summed E-state index contributed by atoms with van der Waals surface area (Å²) in [7, 11) is 1.54. The van der Waals surface area contributed by atoms with Gasteiger partial charge in [0.2, 0.25) is 0 Å². The molecule has 0 saturated carbocycles. The lowest BCUT2D eigenvalue weighted by molar-refractivity contribution is -0.132. The monoisotopic (exact) mass is 436 g/mol. The molecule has 2 heterocycles. The highest BCUT2D eigenvalue weighted by atomic mass is 16.5. The molecule has 1 amide bonds. The molecule has 5 rings (SSSR count). The van der Waals surface area contributed by atoms with Crippen LogP contribution in [0.2, 0.25) is 0 Å². The van der Waals surface area contributed by atoms with Crippen molar-refractivity contribution >= 4 is 33.9 Å². The minimum absolute atomic E-state index is 0.0318. The summed E-state index contributed by atoms with van der Waals surface area (Å²) in [5.41, 5.74) is 1.66. The van der Waals surface area contributed by atoms with Crippen LogP contribution in [0.3, 0.4) is 0 Å². The third kappa shape index (κ3) is 3.51. The number of fused-ring (bicyclic) bond motifs is 1. The lowest BCUT2D eigenvalue weighted by Gasteiger charge is -2.25. The number of methoxy groups -OCH3 is 1. The quantitative estimate of drug-likeness (QED) is 0.281. The molecular formula is C27H20N2O4. The molecular weight excluding hydrogens is 416 g/mol. The average Bonchev–Trinajstić information content (AvgIpc) is 3.14. The third-order valence-electron chi connectivity index (χ3n) is 5.82. The molecule has 1 unspecified atom stereocenters. The number of Topliss-reactive ketones (excluding diaryl/α,β-unsaturated/α-hetero) is 1. The van der Waals surface area contributed by atoms with Crippen molar-refractivity contribution in [3.05, 3.63) is 108 Å². The van der Waals surface area contributed by atoms with E-state index in [4.69, 9.17) is 4.74 Å². The zero-order valence-electron chi connectivity index (χ0n) is 17.8. The molecule has 4 aromatic rings. The molecule has 33 heavy (non-hydrogen) atoms. The van der Waals surface area contributed by atoms with Crippen LogP contribution in [0.4, 0.5) is 5.69 Å². The molecule has 1 saturated heterocycles. The van der Waals surface area contributed by atoms with Gasteiger partial charge in [0.05, 0.1) is 18.7 Å². The second kappa shape index (κ2) is 8.24.